The zero-order valence-electron chi connectivity index (χ0n) is 35.2. The van der Waals surface area contributed by atoms with E-state index in [4.69, 9.17) is 24.1 Å². The molecule has 58 heavy (non-hydrogen) atoms. The number of aldehydes is 1. The van der Waals surface area contributed by atoms with Crippen LogP contribution in [-0.4, -0.2) is 130 Å². The topological polar surface area (TPSA) is 245 Å². The standard InChI is InChI=1S/C41H74N4O13/c1-3-33(2)35(30-46)45-39(50)32-58-29-27-56-25-23-43-38(49)31-57-28-26-55-24-22-42-36(47)21-20-34(41(53)54)44-37(48)18-16-14-12-10-8-6-4-5-7-9-11-13-15-17-19-40(51)52/h30,33-35H,3-29,31-32H2,1-2H3,(H,42,47)(H,43,49)(H,44,48)(H,45,50)(H,51,52)(H,53,54)/t33-,34-,35+/m0/s1. The average molecular weight is 831 g/mol. The second-order valence-electron chi connectivity index (χ2n) is 14.5. The summed E-state index contributed by atoms with van der Waals surface area (Å²) in [4.78, 5) is 81.5. The summed E-state index contributed by atoms with van der Waals surface area (Å²) in [5.74, 6) is -3.25. The van der Waals surface area contributed by atoms with Gasteiger partial charge in [0, 0.05) is 32.4 Å². The quantitative estimate of drug-likeness (QED) is 0.0380. The number of amides is 4. The molecule has 0 bridgehead atoms. The summed E-state index contributed by atoms with van der Waals surface area (Å²) in [5, 5.41) is 28.6. The van der Waals surface area contributed by atoms with E-state index in [1.165, 1.54) is 44.9 Å². The summed E-state index contributed by atoms with van der Waals surface area (Å²) >= 11 is 0. The predicted octanol–water partition coefficient (Wildman–Crippen LogP) is 3.69. The van der Waals surface area contributed by atoms with Crippen molar-refractivity contribution in [3.05, 3.63) is 0 Å². The maximum atomic E-state index is 12.3. The lowest BCUT2D eigenvalue weighted by Crippen LogP contribution is -2.42. The number of aliphatic carboxylic acids is 2. The first-order valence-electron chi connectivity index (χ1n) is 21.3. The van der Waals surface area contributed by atoms with E-state index >= 15 is 0 Å². The minimum Gasteiger partial charge on any atom is -0.481 e. The van der Waals surface area contributed by atoms with Gasteiger partial charge in [-0.15, -0.1) is 0 Å². The molecule has 336 valence electrons. The molecule has 0 aliphatic carbocycles. The van der Waals surface area contributed by atoms with Gasteiger partial charge in [-0.3, -0.25) is 24.0 Å². The van der Waals surface area contributed by atoms with Crippen molar-refractivity contribution in [3.8, 4) is 0 Å². The number of carboxylic acid groups (broad SMARTS) is 2. The molecule has 4 amide bonds. The summed E-state index contributed by atoms with van der Waals surface area (Å²) in [7, 11) is 0. The lowest BCUT2D eigenvalue weighted by Gasteiger charge is -2.18. The molecule has 0 unspecified atom stereocenters. The van der Waals surface area contributed by atoms with Crippen LogP contribution >= 0.6 is 0 Å². The highest BCUT2D eigenvalue weighted by Gasteiger charge is 2.21. The number of hydrogen-bond acceptors (Lipinski definition) is 11. The minimum absolute atomic E-state index is 0.0274. The van der Waals surface area contributed by atoms with Crippen LogP contribution in [0.15, 0.2) is 0 Å². The number of nitrogens with one attached hydrogen (secondary N) is 4. The number of unbranched alkanes of at least 4 members (excludes halogenated alkanes) is 13. The molecular weight excluding hydrogens is 756 g/mol. The summed E-state index contributed by atoms with van der Waals surface area (Å²) in [6, 6.07) is -1.68. The molecule has 0 spiro atoms. The predicted molar refractivity (Wildman–Crippen MR) is 217 cm³/mol. The van der Waals surface area contributed by atoms with Crippen molar-refractivity contribution in [2.75, 3.05) is 65.9 Å². The van der Waals surface area contributed by atoms with Gasteiger partial charge in [-0.1, -0.05) is 97.3 Å². The minimum atomic E-state index is -1.18. The van der Waals surface area contributed by atoms with Gasteiger partial charge in [-0.25, -0.2) is 4.79 Å². The van der Waals surface area contributed by atoms with Gasteiger partial charge in [-0.05, 0) is 25.2 Å². The monoisotopic (exact) mass is 831 g/mol. The van der Waals surface area contributed by atoms with Crippen LogP contribution in [0.25, 0.3) is 0 Å². The summed E-state index contributed by atoms with van der Waals surface area (Å²) in [6.45, 7) is 5.17. The lowest BCUT2D eigenvalue weighted by atomic mass is 10.0. The van der Waals surface area contributed by atoms with Crippen LogP contribution in [0, 0.1) is 5.92 Å². The summed E-state index contributed by atoms with van der Waals surface area (Å²) < 4.78 is 21.2. The van der Waals surface area contributed by atoms with E-state index in [-0.39, 0.29) is 121 Å². The zero-order valence-corrected chi connectivity index (χ0v) is 35.2. The van der Waals surface area contributed by atoms with Gasteiger partial charge in [-0.2, -0.15) is 0 Å². The molecule has 0 saturated carbocycles. The number of rotatable bonds is 42. The Morgan fingerprint density at radius 1 is 0.534 bits per heavy atom. The first-order chi connectivity index (χ1) is 28.0. The van der Waals surface area contributed by atoms with Gasteiger partial charge in [0.05, 0.1) is 45.7 Å². The number of carboxylic acids is 2. The Morgan fingerprint density at radius 2 is 0.983 bits per heavy atom. The average Bonchev–Trinajstić information content (AvgIpc) is 3.19. The summed E-state index contributed by atoms with van der Waals surface area (Å²) in [5.41, 5.74) is 0. The molecule has 0 aromatic carbocycles. The molecule has 0 saturated heterocycles. The van der Waals surface area contributed by atoms with Gasteiger partial charge in [0.25, 0.3) is 0 Å². The third kappa shape index (κ3) is 35.5. The van der Waals surface area contributed by atoms with E-state index < -0.39 is 24.0 Å². The fraction of sp³-hybridized carbons (Fsp3) is 0.829. The van der Waals surface area contributed by atoms with Gasteiger partial charge < -0.3 is 55.2 Å². The Labute approximate surface area is 345 Å². The van der Waals surface area contributed by atoms with Crippen LogP contribution in [0.3, 0.4) is 0 Å². The van der Waals surface area contributed by atoms with Crippen molar-refractivity contribution in [1.82, 2.24) is 21.3 Å². The Kier molecular flexibility index (Phi) is 36.4. The van der Waals surface area contributed by atoms with Crippen LogP contribution in [0.1, 0.15) is 136 Å². The van der Waals surface area contributed by atoms with E-state index in [1.54, 1.807) is 0 Å². The molecule has 17 heteroatoms. The molecule has 0 heterocycles. The van der Waals surface area contributed by atoms with Gasteiger partial charge >= 0.3 is 11.9 Å². The number of ether oxygens (including phenoxy) is 4. The SMILES string of the molecule is CC[C@H](C)[C@@H](C=O)NC(=O)COCCOCCNC(=O)COCCOCCNC(=O)CC[C@H](NC(=O)CCCCCCCCCCCCCCCCC(=O)O)C(=O)O. The Bertz CT molecular complexity index is 1130. The highest BCUT2D eigenvalue weighted by Crippen LogP contribution is 2.14. The Balaban J connectivity index is 3.70. The van der Waals surface area contributed by atoms with Crippen LogP contribution in [-0.2, 0) is 52.5 Å². The van der Waals surface area contributed by atoms with Gasteiger partial charge in [0.15, 0.2) is 0 Å². The Morgan fingerprint density at radius 3 is 1.45 bits per heavy atom. The number of hydrogen-bond donors (Lipinski definition) is 6. The molecule has 3 atom stereocenters. The normalized spacial score (nSPS) is 12.6. The second kappa shape index (κ2) is 38.8. The fourth-order valence-corrected chi connectivity index (χ4v) is 5.71. The molecule has 6 N–H and O–H groups in total. The molecule has 0 aromatic heterocycles. The first-order valence-corrected chi connectivity index (χ1v) is 21.3. The van der Waals surface area contributed by atoms with Crippen LogP contribution in [0.5, 0.6) is 0 Å². The summed E-state index contributed by atoms with van der Waals surface area (Å²) in [6.07, 6.45) is 17.0. The third-order valence-corrected chi connectivity index (χ3v) is 9.42. The molecule has 0 aliphatic heterocycles. The third-order valence-electron chi connectivity index (χ3n) is 9.42. The molecule has 0 aromatic rings. The van der Waals surface area contributed by atoms with Crippen molar-refractivity contribution >= 4 is 41.9 Å². The van der Waals surface area contributed by atoms with E-state index in [1.807, 2.05) is 13.8 Å². The van der Waals surface area contributed by atoms with Crippen molar-refractivity contribution in [1.29, 1.82) is 0 Å². The maximum Gasteiger partial charge on any atom is 0.326 e. The highest BCUT2D eigenvalue weighted by atomic mass is 16.5. The zero-order chi connectivity index (χ0) is 43.1. The largest absolute Gasteiger partial charge is 0.481 e. The molecule has 0 aliphatic rings. The smallest absolute Gasteiger partial charge is 0.326 e. The second-order valence-corrected chi connectivity index (χ2v) is 14.5. The van der Waals surface area contributed by atoms with Crippen LogP contribution < -0.4 is 21.3 Å². The van der Waals surface area contributed by atoms with Gasteiger partial charge in [0.2, 0.25) is 23.6 Å². The molecule has 17 nitrogen and oxygen atoms in total. The van der Waals surface area contributed by atoms with Crippen molar-refractivity contribution in [2.45, 2.75) is 148 Å². The van der Waals surface area contributed by atoms with Crippen molar-refractivity contribution in [2.24, 2.45) is 5.92 Å². The maximum absolute atomic E-state index is 12.3. The van der Waals surface area contributed by atoms with E-state index in [0.717, 1.165) is 51.2 Å². The van der Waals surface area contributed by atoms with E-state index in [0.29, 0.717) is 6.42 Å². The molecular formula is C41H74N4O13. The van der Waals surface area contributed by atoms with Crippen molar-refractivity contribution < 1.29 is 62.7 Å². The lowest BCUT2D eigenvalue weighted by molar-refractivity contribution is -0.142. The van der Waals surface area contributed by atoms with E-state index in [2.05, 4.69) is 21.3 Å². The first kappa shape index (κ1) is 54.3. The molecule has 0 radical (unpaired) electrons. The fourth-order valence-electron chi connectivity index (χ4n) is 5.71. The highest BCUT2D eigenvalue weighted by molar-refractivity contribution is 5.84. The molecule has 0 fully saturated rings. The van der Waals surface area contributed by atoms with Crippen LogP contribution in [0.2, 0.25) is 0 Å². The number of carbonyl (C=O) groups is 7. The molecule has 0 rings (SSSR count). The van der Waals surface area contributed by atoms with E-state index in [9.17, 15) is 38.7 Å². The van der Waals surface area contributed by atoms with Crippen molar-refractivity contribution in [3.63, 3.8) is 0 Å². The van der Waals surface area contributed by atoms with Gasteiger partial charge in [0.1, 0.15) is 25.5 Å². The van der Waals surface area contributed by atoms with Crippen LogP contribution in [0.4, 0.5) is 0 Å². The number of carbonyl (C=O) groups excluding carboxylic acids is 5. The Hall–Kier alpha value is -3.67.